The summed E-state index contributed by atoms with van der Waals surface area (Å²) in [5.41, 5.74) is 11.8. The van der Waals surface area contributed by atoms with Crippen LogP contribution in [-0.4, -0.2) is 30.3 Å². The van der Waals surface area contributed by atoms with E-state index in [1.54, 1.807) is 0 Å². The van der Waals surface area contributed by atoms with Crippen LogP contribution >= 0.6 is 0 Å². The lowest BCUT2D eigenvalue weighted by atomic mass is 9.81. The van der Waals surface area contributed by atoms with Crippen LogP contribution in [0.2, 0.25) is 0 Å². The van der Waals surface area contributed by atoms with Gasteiger partial charge < -0.3 is 19.8 Å². The number of benzene rings is 2. The van der Waals surface area contributed by atoms with Gasteiger partial charge in [0, 0.05) is 23.0 Å². The van der Waals surface area contributed by atoms with Crippen LogP contribution in [0.5, 0.6) is 5.75 Å². The molecule has 1 fully saturated rings. The van der Waals surface area contributed by atoms with Crippen molar-refractivity contribution in [2.75, 3.05) is 13.7 Å². The predicted molar refractivity (Wildman–Crippen MR) is 118 cm³/mol. The van der Waals surface area contributed by atoms with Gasteiger partial charge in [-0.2, -0.15) is 0 Å². The van der Waals surface area contributed by atoms with Crippen molar-refractivity contribution in [3.63, 3.8) is 0 Å². The summed E-state index contributed by atoms with van der Waals surface area (Å²) in [5, 5.41) is 1.22. The van der Waals surface area contributed by atoms with E-state index in [1.165, 1.54) is 55.9 Å². The van der Waals surface area contributed by atoms with E-state index in [4.69, 9.17) is 15.2 Å². The van der Waals surface area contributed by atoms with Crippen molar-refractivity contribution in [2.45, 2.75) is 50.6 Å². The molecule has 3 aromatic rings. The lowest BCUT2D eigenvalue weighted by molar-refractivity contribution is 0.0601. The van der Waals surface area contributed by atoms with Crippen LogP contribution in [0.3, 0.4) is 0 Å². The minimum absolute atomic E-state index is 0.131. The second-order valence-electron chi connectivity index (χ2n) is 8.50. The number of nitrogens with zero attached hydrogens (tertiary/aromatic N) is 1. The summed E-state index contributed by atoms with van der Waals surface area (Å²) in [5.74, 6) is 1.07. The topological polar surface area (TPSA) is 66.5 Å². The van der Waals surface area contributed by atoms with E-state index in [2.05, 4.69) is 22.8 Å². The van der Waals surface area contributed by atoms with Crippen molar-refractivity contribution in [1.82, 2.24) is 4.57 Å². The predicted octanol–water partition coefficient (Wildman–Crippen LogP) is 4.86. The van der Waals surface area contributed by atoms with E-state index in [1.807, 2.05) is 24.3 Å². The van der Waals surface area contributed by atoms with Crippen LogP contribution in [0.1, 0.15) is 53.9 Å². The molecule has 2 heterocycles. The summed E-state index contributed by atoms with van der Waals surface area (Å²) in [6.45, 7) is 1.11. The Morgan fingerprint density at radius 1 is 1.13 bits per heavy atom. The highest BCUT2D eigenvalue weighted by atomic mass is 16.5. The standard InChI is InChI=1S/C25H28N2O3/c1-29-25(28)17-11-12-19-21(13-17)27-14-18(26)15-30-22-10-6-5-9-20(22)24(27)23(19)16-7-3-2-4-8-16/h5-6,9-13,16,18H,2-4,7-8,14-15,26H2,1H3/t18-/m1/s1. The van der Waals surface area contributed by atoms with Gasteiger partial charge in [-0.15, -0.1) is 0 Å². The largest absolute Gasteiger partial charge is 0.491 e. The molecule has 1 aliphatic carbocycles. The number of rotatable bonds is 2. The summed E-state index contributed by atoms with van der Waals surface area (Å²) in [6.07, 6.45) is 6.21. The number of nitrogens with two attached hydrogens (primary N) is 1. The second-order valence-corrected chi connectivity index (χ2v) is 8.50. The molecule has 0 radical (unpaired) electrons. The molecule has 0 saturated heterocycles. The highest BCUT2D eigenvalue weighted by Gasteiger charge is 2.30. The van der Waals surface area contributed by atoms with Crippen molar-refractivity contribution in [3.8, 4) is 17.0 Å². The van der Waals surface area contributed by atoms with E-state index in [9.17, 15) is 4.79 Å². The zero-order valence-corrected chi connectivity index (χ0v) is 17.4. The number of ether oxygens (including phenoxy) is 2. The fraction of sp³-hybridized carbons (Fsp3) is 0.400. The zero-order chi connectivity index (χ0) is 20.7. The molecular formula is C25H28N2O3. The molecule has 2 N–H and O–H groups in total. The van der Waals surface area contributed by atoms with Gasteiger partial charge >= 0.3 is 5.97 Å². The first-order chi connectivity index (χ1) is 14.7. The number of para-hydroxylation sites is 1. The highest BCUT2D eigenvalue weighted by Crippen LogP contribution is 2.46. The maximum absolute atomic E-state index is 12.2. The average molecular weight is 405 g/mol. The van der Waals surface area contributed by atoms with Gasteiger partial charge in [-0.3, -0.25) is 0 Å². The molecule has 1 saturated carbocycles. The molecule has 5 nitrogen and oxygen atoms in total. The van der Waals surface area contributed by atoms with E-state index in [0.717, 1.165) is 16.8 Å². The number of esters is 1. The normalized spacial score (nSPS) is 19.3. The number of fused-ring (bicyclic) bond motifs is 5. The summed E-state index contributed by atoms with van der Waals surface area (Å²) >= 11 is 0. The Morgan fingerprint density at radius 2 is 1.93 bits per heavy atom. The molecule has 0 spiro atoms. The molecule has 2 aliphatic rings. The van der Waals surface area contributed by atoms with Crippen molar-refractivity contribution < 1.29 is 14.3 Å². The van der Waals surface area contributed by atoms with Gasteiger partial charge in [-0.05, 0) is 48.6 Å². The lowest BCUT2D eigenvalue weighted by Gasteiger charge is -2.26. The van der Waals surface area contributed by atoms with Crippen LogP contribution in [0.25, 0.3) is 22.2 Å². The van der Waals surface area contributed by atoms with Crippen molar-refractivity contribution in [3.05, 3.63) is 53.6 Å². The fourth-order valence-electron chi connectivity index (χ4n) is 5.18. The van der Waals surface area contributed by atoms with Gasteiger partial charge in [0.2, 0.25) is 0 Å². The van der Waals surface area contributed by atoms with Crippen molar-refractivity contribution in [2.24, 2.45) is 5.73 Å². The molecule has 30 heavy (non-hydrogen) atoms. The highest BCUT2D eigenvalue weighted by molar-refractivity contribution is 5.99. The van der Waals surface area contributed by atoms with Gasteiger partial charge in [0.25, 0.3) is 0 Å². The number of hydrogen-bond donors (Lipinski definition) is 1. The number of aromatic nitrogens is 1. The summed E-state index contributed by atoms with van der Waals surface area (Å²) in [7, 11) is 1.42. The summed E-state index contributed by atoms with van der Waals surface area (Å²) in [4.78, 5) is 12.2. The van der Waals surface area contributed by atoms with Crippen molar-refractivity contribution in [1.29, 1.82) is 0 Å². The zero-order valence-electron chi connectivity index (χ0n) is 17.4. The number of methoxy groups -OCH3 is 1. The van der Waals surface area contributed by atoms with E-state index < -0.39 is 0 Å². The number of carbonyl (C=O) groups excluding carboxylic acids is 1. The first-order valence-electron chi connectivity index (χ1n) is 10.9. The first-order valence-corrected chi connectivity index (χ1v) is 10.9. The monoisotopic (exact) mass is 404 g/mol. The molecule has 156 valence electrons. The van der Waals surface area contributed by atoms with Crippen LogP contribution in [0, 0.1) is 0 Å². The van der Waals surface area contributed by atoms with E-state index in [0.29, 0.717) is 24.6 Å². The molecule has 5 rings (SSSR count). The summed E-state index contributed by atoms with van der Waals surface area (Å²) < 4.78 is 13.4. The molecule has 2 aromatic carbocycles. The Bertz CT molecular complexity index is 1100. The Labute approximate surface area is 176 Å². The quantitative estimate of drug-likeness (QED) is 0.619. The SMILES string of the molecule is COC(=O)c1ccc2c(C3CCCCC3)c3n(c2c1)C[C@@H](N)COc1ccccc1-3. The van der Waals surface area contributed by atoms with Crippen LogP contribution < -0.4 is 10.5 Å². The minimum atomic E-state index is -0.314. The Balaban J connectivity index is 1.83. The third-order valence-electron chi connectivity index (χ3n) is 6.55. The van der Waals surface area contributed by atoms with Gasteiger partial charge in [-0.25, -0.2) is 4.79 Å². The van der Waals surface area contributed by atoms with Gasteiger partial charge in [0.1, 0.15) is 12.4 Å². The maximum Gasteiger partial charge on any atom is 0.337 e. The summed E-state index contributed by atoms with van der Waals surface area (Å²) in [6, 6.07) is 14.1. The third kappa shape index (κ3) is 3.18. The van der Waals surface area contributed by atoms with E-state index in [-0.39, 0.29) is 12.0 Å². The Hall–Kier alpha value is -2.79. The second kappa shape index (κ2) is 7.80. The van der Waals surface area contributed by atoms with Gasteiger partial charge in [0.15, 0.2) is 0 Å². The molecule has 5 heteroatoms. The molecule has 0 unspecified atom stereocenters. The maximum atomic E-state index is 12.2. The first kappa shape index (κ1) is 19.2. The number of carbonyl (C=O) groups is 1. The molecule has 1 atom stereocenters. The van der Waals surface area contributed by atoms with Crippen LogP contribution in [0.15, 0.2) is 42.5 Å². The van der Waals surface area contributed by atoms with Crippen molar-refractivity contribution >= 4 is 16.9 Å². The average Bonchev–Trinajstić information content (AvgIpc) is 3.09. The fourth-order valence-corrected chi connectivity index (χ4v) is 5.18. The van der Waals surface area contributed by atoms with Crippen LogP contribution in [0.4, 0.5) is 0 Å². The molecule has 1 aliphatic heterocycles. The Kier molecular flexibility index (Phi) is 4.99. The molecule has 0 bridgehead atoms. The van der Waals surface area contributed by atoms with E-state index >= 15 is 0 Å². The minimum Gasteiger partial charge on any atom is -0.491 e. The smallest absolute Gasteiger partial charge is 0.337 e. The lowest BCUT2D eigenvalue weighted by Crippen LogP contribution is -2.34. The number of hydrogen-bond acceptors (Lipinski definition) is 4. The third-order valence-corrected chi connectivity index (χ3v) is 6.55. The Morgan fingerprint density at radius 3 is 2.73 bits per heavy atom. The molecule has 1 aromatic heterocycles. The molecule has 0 amide bonds. The van der Waals surface area contributed by atoms with Gasteiger partial charge in [-0.1, -0.05) is 37.5 Å². The van der Waals surface area contributed by atoms with Crippen LogP contribution in [-0.2, 0) is 11.3 Å². The molecular weight excluding hydrogens is 376 g/mol. The van der Waals surface area contributed by atoms with Gasteiger partial charge in [0.05, 0.1) is 24.4 Å².